The van der Waals surface area contributed by atoms with Gasteiger partial charge < -0.3 is 19.1 Å². The van der Waals surface area contributed by atoms with Crippen molar-refractivity contribution in [3.63, 3.8) is 0 Å². The van der Waals surface area contributed by atoms with E-state index in [1.165, 1.54) is 26.0 Å². The number of rotatable bonds is 12. The molecule has 3 unspecified atom stereocenters. The molecule has 0 radical (unpaired) electrons. The molecule has 1 amide bonds. The highest BCUT2D eigenvalue weighted by Crippen LogP contribution is 2.50. The maximum Gasteiger partial charge on any atom is 0.308 e. The average molecular weight is 737 g/mol. The molecule has 9 heteroatoms. The van der Waals surface area contributed by atoms with E-state index < -0.39 is 35.8 Å². The van der Waals surface area contributed by atoms with Crippen LogP contribution < -0.4 is 14.4 Å². The van der Waals surface area contributed by atoms with E-state index in [0.717, 1.165) is 26.7 Å². The van der Waals surface area contributed by atoms with Gasteiger partial charge in [-0.1, -0.05) is 82.7 Å². The van der Waals surface area contributed by atoms with Gasteiger partial charge in [0.15, 0.2) is 0 Å². The smallest absolute Gasteiger partial charge is 0.308 e. The Balaban J connectivity index is 1.38. The number of halogens is 2. The van der Waals surface area contributed by atoms with Crippen LogP contribution >= 0.6 is 15.9 Å². The zero-order valence-electron chi connectivity index (χ0n) is 27.6. The quantitative estimate of drug-likeness (QED) is 0.0721. The Kier molecular flexibility index (Phi) is 10.7. The van der Waals surface area contributed by atoms with Gasteiger partial charge in [0.2, 0.25) is 5.91 Å². The van der Waals surface area contributed by atoms with Crippen molar-refractivity contribution in [1.29, 1.82) is 0 Å². The third-order valence-electron chi connectivity index (χ3n) is 8.63. The van der Waals surface area contributed by atoms with Crippen LogP contribution in [0.5, 0.6) is 11.5 Å². The minimum atomic E-state index is -0.660. The van der Waals surface area contributed by atoms with Crippen LogP contribution in [0, 0.1) is 11.7 Å². The van der Waals surface area contributed by atoms with Gasteiger partial charge in [-0.3, -0.25) is 14.4 Å². The molecule has 0 saturated carbocycles. The maximum absolute atomic E-state index is 14.1. The van der Waals surface area contributed by atoms with Crippen LogP contribution in [0.4, 0.5) is 10.1 Å². The van der Waals surface area contributed by atoms with E-state index in [4.69, 9.17) is 14.2 Å². The molecule has 5 aromatic rings. The maximum atomic E-state index is 14.1. The van der Waals surface area contributed by atoms with Gasteiger partial charge >= 0.3 is 11.9 Å². The summed E-state index contributed by atoms with van der Waals surface area (Å²) in [5.74, 6) is -0.892. The summed E-state index contributed by atoms with van der Waals surface area (Å²) in [4.78, 5) is 39.4. The van der Waals surface area contributed by atoms with Crippen LogP contribution in [0.2, 0.25) is 0 Å². The van der Waals surface area contributed by atoms with Crippen molar-refractivity contribution in [3.8, 4) is 22.6 Å². The molecule has 1 fully saturated rings. The molecule has 1 aliphatic heterocycles. The molecule has 0 N–H and O–H groups in total. The van der Waals surface area contributed by atoms with Crippen molar-refractivity contribution in [2.24, 2.45) is 5.92 Å². The monoisotopic (exact) mass is 735 g/mol. The fraction of sp³-hybridized carbons (Fsp3) is 0.195. The Morgan fingerprint density at radius 2 is 1.50 bits per heavy atom. The molecule has 0 aliphatic carbocycles. The molecule has 50 heavy (non-hydrogen) atoms. The fourth-order valence-electron chi connectivity index (χ4n) is 6.28. The highest BCUT2D eigenvalue weighted by Gasteiger charge is 2.49. The number of β-lactam (4-membered cyclic amide) rings is 1. The van der Waals surface area contributed by atoms with Crippen molar-refractivity contribution in [3.05, 3.63) is 148 Å². The van der Waals surface area contributed by atoms with Crippen molar-refractivity contribution < 1.29 is 33.0 Å². The van der Waals surface area contributed by atoms with Crippen molar-refractivity contribution in [1.82, 2.24) is 0 Å². The van der Waals surface area contributed by atoms with E-state index in [2.05, 4.69) is 15.9 Å². The number of benzene rings is 5. The predicted molar refractivity (Wildman–Crippen MR) is 192 cm³/mol. The standard InChI is InChI=1S/C41H35BrFNO6/c1-26(45)49-35-19-17-34(18-20-35)44-40(37(41(44)47)22-23-38(50-27(2)46)30-10-15-33(43)16-11-30)36-21-12-31(29-8-13-32(42)14-9-29)24-39(36)48-25-28-6-4-3-5-7-28/h3-21,24,37-38,40H,22-23,25H2,1-2H3. The highest BCUT2D eigenvalue weighted by atomic mass is 79.9. The van der Waals surface area contributed by atoms with E-state index in [9.17, 15) is 18.8 Å². The minimum absolute atomic E-state index is 0.109. The largest absolute Gasteiger partial charge is 0.489 e. The van der Waals surface area contributed by atoms with Gasteiger partial charge in [-0.15, -0.1) is 0 Å². The lowest BCUT2D eigenvalue weighted by Crippen LogP contribution is -2.55. The summed E-state index contributed by atoms with van der Waals surface area (Å²) in [6.07, 6.45) is 0.0642. The van der Waals surface area contributed by atoms with Crippen LogP contribution in [-0.4, -0.2) is 17.8 Å². The second-order valence-electron chi connectivity index (χ2n) is 12.1. The van der Waals surface area contributed by atoms with Crippen molar-refractivity contribution in [2.75, 3.05) is 4.90 Å². The molecule has 1 saturated heterocycles. The molecule has 7 nitrogen and oxygen atoms in total. The van der Waals surface area contributed by atoms with E-state index in [0.29, 0.717) is 42.2 Å². The number of amides is 1. The van der Waals surface area contributed by atoms with Crippen molar-refractivity contribution in [2.45, 2.75) is 45.4 Å². The van der Waals surface area contributed by atoms with Crippen LogP contribution in [-0.2, 0) is 25.7 Å². The second-order valence-corrected chi connectivity index (χ2v) is 13.0. The summed E-state index contributed by atoms with van der Waals surface area (Å²) < 4.78 is 32.1. The lowest BCUT2D eigenvalue weighted by Gasteiger charge is -2.48. The second kappa shape index (κ2) is 15.5. The SMILES string of the molecule is CC(=O)Oc1ccc(N2C(=O)C(CCC(OC(C)=O)c3ccc(F)cc3)C2c2ccc(-c3ccc(Br)cc3)cc2OCc2ccccc2)cc1. The van der Waals surface area contributed by atoms with Gasteiger partial charge in [0.25, 0.3) is 0 Å². The number of hydrogen-bond acceptors (Lipinski definition) is 6. The Hall–Kier alpha value is -5.28. The molecular formula is C41H35BrFNO6. The van der Waals surface area contributed by atoms with E-state index in [-0.39, 0.29) is 5.91 Å². The van der Waals surface area contributed by atoms with Crippen LogP contribution in [0.25, 0.3) is 11.1 Å². The first kappa shape index (κ1) is 34.6. The third-order valence-corrected chi connectivity index (χ3v) is 9.16. The van der Waals surface area contributed by atoms with Gasteiger partial charge in [-0.05, 0) is 89.7 Å². The Morgan fingerprint density at radius 3 is 2.16 bits per heavy atom. The number of hydrogen-bond donors (Lipinski definition) is 0. The van der Waals surface area contributed by atoms with Crippen LogP contribution in [0.1, 0.15) is 55.5 Å². The number of anilines is 1. The van der Waals surface area contributed by atoms with Gasteiger partial charge in [-0.25, -0.2) is 4.39 Å². The molecule has 3 atom stereocenters. The minimum Gasteiger partial charge on any atom is -0.489 e. The van der Waals surface area contributed by atoms with Crippen LogP contribution in [0.3, 0.4) is 0 Å². The van der Waals surface area contributed by atoms with Crippen molar-refractivity contribution >= 4 is 39.5 Å². The first-order valence-corrected chi connectivity index (χ1v) is 17.1. The molecule has 254 valence electrons. The molecule has 0 aromatic heterocycles. The molecule has 1 aliphatic rings. The van der Waals surface area contributed by atoms with E-state index in [1.807, 2.05) is 72.8 Å². The zero-order chi connectivity index (χ0) is 35.2. The predicted octanol–water partition coefficient (Wildman–Crippen LogP) is 9.55. The summed E-state index contributed by atoms with van der Waals surface area (Å²) in [5, 5.41) is 0. The van der Waals surface area contributed by atoms with Gasteiger partial charge in [0, 0.05) is 29.6 Å². The highest BCUT2D eigenvalue weighted by molar-refractivity contribution is 9.10. The topological polar surface area (TPSA) is 82.1 Å². The lowest BCUT2D eigenvalue weighted by atomic mass is 9.77. The molecule has 0 bridgehead atoms. The van der Waals surface area contributed by atoms with E-state index >= 15 is 0 Å². The normalized spacial score (nSPS) is 15.9. The average Bonchev–Trinajstić information content (AvgIpc) is 3.10. The fourth-order valence-corrected chi connectivity index (χ4v) is 6.54. The summed E-state index contributed by atoms with van der Waals surface area (Å²) in [6, 6.07) is 36.1. The number of esters is 2. The molecule has 5 aromatic carbocycles. The summed E-state index contributed by atoms with van der Waals surface area (Å²) in [5.41, 5.74) is 5.06. The Bertz CT molecular complexity index is 1970. The Morgan fingerprint density at radius 1 is 0.820 bits per heavy atom. The van der Waals surface area contributed by atoms with Gasteiger partial charge in [-0.2, -0.15) is 0 Å². The number of nitrogens with zero attached hydrogens (tertiary/aromatic N) is 1. The summed E-state index contributed by atoms with van der Waals surface area (Å²) in [6.45, 7) is 2.98. The lowest BCUT2D eigenvalue weighted by molar-refractivity contribution is -0.147. The molecule has 1 heterocycles. The number of ether oxygens (including phenoxy) is 3. The molecule has 6 rings (SSSR count). The molecular weight excluding hydrogens is 701 g/mol. The number of carbonyl (C=O) groups is 3. The first-order chi connectivity index (χ1) is 24.2. The van der Waals surface area contributed by atoms with Crippen LogP contribution in [0.15, 0.2) is 126 Å². The summed E-state index contributed by atoms with van der Waals surface area (Å²) in [7, 11) is 0. The zero-order valence-corrected chi connectivity index (χ0v) is 29.1. The van der Waals surface area contributed by atoms with Gasteiger partial charge in [0.1, 0.15) is 30.0 Å². The first-order valence-electron chi connectivity index (χ1n) is 16.3. The Labute approximate surface area is 298 Å². The number of carbonyl (C=O) groups excluding carboxylic acids is 3. The summed E-state index contributed by atoms with van der Waals surface area (Å²) >= 11 is 3.51. The third kappa shape index (κ3) is 8.12. The molecule has 0 spiro atoms. The van der Waals surface area contributed by atoms with E-state index in [1.54, 1.807) is 41.3 Å². The van der Waals surface area contributed by atoms with Gasteiger partial charge in [0.05, 0.1) is 12.0 Å².